The smallest absolute Gasteiger partial charge is 0.209 e. The van der Waals surface area contributed by atoms with Crippen LogP contribution in [-0.2, 0) is 5.41 Å². The van der Waals surface area contributed by atoms with Gasteiger partial charge in [0.15, 0.2) is 5.71 Å². The monoisotopic (exact) mass is 404 g/mol. The molecule has 1 aromatic heterocycles. The third kappa shape index (κ3) is 3.32. The molecule has 0 radical (unpaired) electrons. The van der Waals surface area contributed by atoms with Gasteiger partial charge < -0.3 is 0 Å². The zero-order chi connectivity index (χ0) is 21.4. The standard InChI is InChI=1S/C28H26N3/c1-28(2)23-16-10-11-17-25(23)30(3)27(28)18-19-31-26(22-14-8-5-9-15-22)20-24(29-31)21-12-6-4-7-13-21/h4-20H,1-3H3/q+1. The summed E-state index contributed by atoms with van der Waals surface area (Å²) < 4.78 is 4.28. The van der Waals surface area contributed by atoms with Gasteiger partial charge in [-0.3, -0.25) is 0 Å². The van der Waals surface area contributed by atoms with E-state index >= 15 is 0 Å². The quantitative estimate of drug-likeness (QED) is 0.361. The second kappa shape index (κ2) is 7.51. The lowest BCUT2D eigenvalue weighted by atomic mass is 9.81. The van der Waals surface area contributed by atoms with Crippen molar-refractivity contribution in [2.45, 2.75) is 19.3 Å². The number of rotatable bonds is 4. The van der Waals surface area contributed by atoms with Crippen LogP contribution in [0.1, 0.15) is 19.4 Å². The van der Waals surface area contributed by atoms with E-state index in [0.717, 1.165) is 22.5 Å². The first-order valence-electron chi connectivity index (χ1n) is 10.6. The second-order valence-electron chi connectivity index (χ2n) is 8.49. The number of benzene rings is 3. The lowest BCUT2D eigenvalue weighted by molar-refractivity contribution is -0.401. The Morgan fingerprint density at radius 1 is 0.806 bits per heavy atom. The molecule has 3 heteroatoms. The van der Waals surface area contributed by atoms with E-state index in [1.165, 1.54) is 17.0 Å². The van der Waals surface area contributed by atoms with Gasteiger partial charge in [-0.15, -0.1) is 0 Å². The van der Waals surface area contributed by atoms with Crippen LogP contribution >= 0.6 is 0 Å². The first kappa shape index (κ1) is 19.3. The van der Waals surface area contributed by atoms with E-state index in [0.29, 0.717) is 0 Å². The van der Waals surface area contributed by atoms with E-state index in [4.69, 9.17) is 5.10 Å². The molecule has 152 valence electrons. The summed E-state index contributed by atoms with van der Waals surface area (Å²) in [6, 6.07) is 31.6. The first-order chi connectivity index (χ1) is 15.1. The third-order valence-electron chi connectivity index (χ3n) is 6.19. The zero-order valence-electron chi connectivity index (χ0n) is 18.2. The Labute approximate surface area is 183 Å². The molecule has 31 heavy (non-hydrogen) atoms. The Morgan fingerprint density at radius 3 is 2.10 bits per heavy atom. The molecule has 0 aliphatic carbocycles. The molecule has 5 rings (SSSR count). The van der Waals surface area contributed by atoms with E-state index < -0.39 is 0 Å². The number of allylic oxidation sites excluding steroid dienone is 1. The van der Waals surface area contributed by atoms with Gasteiger partial charge in [0.2, 0.25) is 5.69 Å². The summed E-state index contributed by atoms with van der Waals surface area (Å²) in [5.41, 5.74) is 8.11. The molecule has 3 aromatic carbocycles. The molecule has 0 unspecified atom stereocenters. The van der Waals surface area contributed by atoms with Crippen molar-refractivity contribution in [2.24, 2.45) is 0 Å². The lowest BCUT2D eigenvalue weighted by Crippen LogP contribution is -2.26. The molecule has 0 bridgehead atoms. The third-order valence-corrected chi connectivity index (χ3v) is 6.19. The molecule has 0 amide bonds. The molecular formula is C28H26N3+. The van der Waals surface area contributed by atoms with Gasteiger partial charge in [0.05, 0.1) is 16.8 Å². The van der Waals surface area contributed by atoms with Gasteiger partial charge in [-0.1, -0.05) is 78.9 Å². The molecule has 3 nitrogen and oxygen atoms in total. The van der Waals surface area contributed by atoms with E-state index in [-0.39, 0.29) is 5.41 Å². The highest BCUT2D eigenvalue weighted by Gasteiger charge is 2.42. The number of hydrogen-bond acceptors (Lipinski definition) is 1. The summed E-state index contributed by atoms with van der Waals surface area (Å²) in [4.78, 5) is 0. The molecule has 0 fully saturated rings. The van der Waals surface area contributed by atoms with Crippen molar-refractivity contribution in [3.05, 3.63) is 103 Å². The van der Waals surface area contributed by atoms with Crippen molar-refractivity contribution >= 4 is 17.6 Å². The van der Waals surface area contributed by atoms with Crippen LogP contribution in [0.15, 0.2) is 97.1 Å². The topological polar surface area (TPSA) is 20.8 Å². The van der Waals surface area contributed by atoms with Gasteiger partial charge in [-0.05, 0) is 19.9 Å². The molecule has 2 heterocycles. The molecule has 1 aliphatic heterocycles. The lowest BCUT2D eigenvalue weighted by Gasteiger charge is -2.15. The highest BCUT2D eigenvalue weighted by molar-refractivity contribution is 6.04. The van der Waals surface area contributed by atoms with Gasteiger partial charge in [0, 0.05) is 35.0 Å². The maximum atomic E-state index is 4.94. The minimum atomic E-state index is -0.0653. The average Bonchev–Trinajstić information content (AvgIpc) is 3.31. The van der Waals surface area contributed by atoms with Gasteiger partial charge in [0.1, 0.15) is 7.05 Å². The second-order valence-corrected chi connectivity index (χ2v) is 8.49. The normalized spacial score (nSPS) is 14.9. The van der Waals surface area contributed by atoms with Crippen molar-refractivity contribution < 1.29 is 4.58 Å². The SMILES string of the molecule is C[N+]1=C(/C=C/n2nc(-c3ccccc3)cc2-c2ccccc2)C(C)(C)c2ccccc21. The Kier molecular flexibility index (Phi) is 4.67. The summed E-state index contributed by atoms with van der Waals surface area (Å²) in [7, 11) is 2.14. The van der Waals surface area contributed by atoms with Crippen LogP contribution in [0.4, 0.5) is 5.69 Å². The minimum absolute atomic E-state index is 0.0653. The van der Waals surface area contributed by atoms with E-state index in [1.54, 1.807) is 0 Å². The van der Waals surface area contributed by atoms with Crippen molar-refractivity contribution in [1.82, 2.24) is 9.78 Å². The maximum Gasteiger partial charge on any atom is 0.209 e. The van der Waals surface area contributed by atoms with Crippen molar-refractivity contribution in [2.75, 3.05) is 7.05 Å². The van der Waals surface area contributed by atoms with Crippen LogP contribution in [0.3, 0.4) is 0 Å². The molecule has 0 saturated heterocycles. The summed E-state index contributed by atoms with van der Waals surface area (Å²) in [5, 5.41) is 4.94. The van der Waals surface area contributed by atoms with Crippen LogP contribution in [0.5, 0.6) is 0 Å². The number of para-hydroxylation sites is 1. The molecule has 0 N–H and O–H groups in total. The number of nitrogens with zero attached hydrogens (tertiary/aromatic N) is 3. The minimum Gasteiger partial charge on any atom is -0.240 e. The number of fused-ring (bicyclic) bond motifs is 1. The van der Waals surface area contributed by atoms with Crippen LogP contribution in [0.2, 0.25) is 0 Å². The van der Waals surface area contributed by atoms with E-state index in [2.05, 4.69) is 117 Å². The summed E-state index contributed by atoms with van der Waals surface area (Å²) in [6.07, 6.45) is 4.29. The number of hydrogen-bond donors (Lipinski definition) is 0. The molecule has 1 aliphatic rings. The van der Waals surface area contributed by atoms with Gasteiger partial charge in [-0.2, -0.15) is 9.67 Å². The fourth-order valence-corrected chi connectivity index (χ4v) is 4.53. The maximum absolute atomic E-state index is 4.94. The predicted molar refractivity (Wildman–Crippen MR) is 129 cm³/mol. The summed E-state index contributed by atoms with van der Waals surface area (Å²) in [5.74, 6) is 0. The van der Waals surface area contributed by atoms with Crippen molar-refractivity contribution in [3.63, 3.8) is 0 Å². The van der Waals surface area contributed by atoms with E-state index in [9.17, 15) is 0 Å². The van der Waals surface area contributed by atoms with Gasteiger partial charge >= 0.3 is 0 Å². The van der Waals surface area contributed by atoms with Gasteiger partial charge in [0.25, 0.3) is 0 Å². The highest BCUT2D eigenvalue weighted by Crippen LogP contribution is 2.39. The molecule has 4 aromatic rings. The van der Waals surface area contributed by atoms with Crippen molar-refractivity contribution in [1.29, 1.82) is 0 Å². The molecular weight excluding hydrogens is 378 g/mol. The Hall–Kier alpha value is -3.72. The van der Waals surface area contributed by atoms with Crippen LogP contribution in [0, 0.1) is 0 Å². The highest BCUT2D eigenvalue weighted by atomic mass is 15.3. The molecule has 0 atom stereocenters. The van der Waals surface area contributed by atoms with Crippen molar-refractivity contribution in [3.8, 4) is 22.5 Å². The number of aromatic nitrogens is 2. The Balaban J connectivity index is 1.60. The first-order valence-corrected chi connectivity index (χ1v) is 10.6. The average molecular weight is 405 g/mol. The summed E-state index contributed by atoms with van der Waals surface area (Å²) in [6.45, 7) is 4.57. The Bertz CT molecular complexity index is 1290. The fourth-order valence-electron chi connectivity index (χ4n) is 4.53. The van der Waals surface area contributed by atoms with Crippen LogP contribution in [-0.4, -0.2) is 27.1 Å². The van der Waals surface area contributed by atoms with Gasteiger partial charge in [-0.25, -0.2) is 4.68 Å². The van der Waals surface area contributed by atoms with Crippen LogP contribution < -0.4 is 0 Å². The molecule has 0 spiro atoms. The zero-order valence-corrected chi connectivity index (χ0v) is 18.2. The summed E-state index contributed by atoms with van der Waals surface area (Å²) >= 11 is 0. The predicted octanol–water partition coefficient (Wildman–Crippen LogP) is 6.39. The molecule has 0 saturated carbocycles. The fraction of sp³-hybridized carbons (Fsp3) is 0.143. The largest absolute Gasteiger partial charge is 0.240 e. The van der Waals surface area contributed by atoms with Crippen LogP contribution in [0.25, 0.3) is 28.7 Å². The van der Waals surface area contributed by atoms with E-state index in [1.807, 2.05) is 16.8 Å². The Morgan fingerprint density at radius 2 is 1.42 bits per heavy atom.